The van der Waals surface area contributed by atoms with Gasteiger partial charge in [-0.3, -0.25) is 4.79 Å². The van der Waals surface area contributed by atoms with E-state index in [9.17, 15) is 9.59 Å². The van der Waals surface area contributed by atoms with Crippen molar-refractivity contribution in [3.63, 3.8) is 0 Å². The van der Waals surface area contributed by atoms with Gasteiger partial charge in [0.15, 0.2) is 0 Å². The highest BCUT2D eigenvalue weighted by atomic mass is 16.5. The molecule has 6 nitrogen and oxygen atoms in total. The Hall–Kier alpha value is -2.08. The Kier molecular flexibility index (Phi) is 6.06. The lowest BCUT2D eigenvalue weighted by Gasteiger charge is -2.26. The van der Waals surface area contributed by atoms with Gasteiger partial charge in [-0.15, -0.1) is 0 Å². The smallest absolute Gasteiger partial charge is 0.341 e. The minimum atomic E-state index is -0.863. The number of carbonyl (C=O) groups excluding carboxylic acids is 2. The van der Waals surface area contributed by atoms with E-state index in [1.807, 2.05) is 13.8 Å². The molecule has 1 saturated carbocycles. The minimum Gasteiger partial charge on any atom is -0.492 e. The minimum absolute atomic E-state index is 0.218. The molecule has 6 heteroatoms. The Labute approximate surface area is 148 Å². The first kappa shape index (κ1) is 19.2. The lowest BCUT2D eigenvalue weighted by molar-refractivity contribution is -0.138. The van der Waals surface area contributed by atoms with Gasteiger partial charge in [0, 0.05) is 12.8 Å². The number of nitrogens with one attached hydrogen (secondary N) is 1. The van der Waals surface area contributed by atoms with Gasteiger partial charge in [0.05, 0.1) is 13.7 Å². The maximum atomic E-state index is 12.6. The highest BCUT2D eigenvalue weighted by Crippen LogP contribution is 2.42. The van der Waals surface area contributed by atoms with Crippen LogP contribution in [-0.2, 0) is 14.3 Å². The Morgan fingerprint density at radius 1 is 1.28 bits per heavy atom. The second-order valence-corrected chi connectivity index (χ2v) is 6.95. The highest BCUT2D eigenvalue weighted by molar-refractivity contribution is 5.99. The van der Waals surface area contributed by atoms with Gasteiger partial charge < -0.3 is 19.5 Å². The quantitative estimate of drug-likeness (QED) is 0.729. The van der Waals surface area contributed by atoms with E-state index >= 15 is 0 Å². The molecule has 0 radical (unpaired) electrons. The highest BCUT2D eigenvalue weighted by Gasteiger charge is 2.47. The van der Waals surface area contributed by atoms with Crippen LogP contribution in [0, 0.1) is 11.8 Å². The Balaban J connectivity index is 2.21. The van der Waals surface area contributed by atoms with E-state index in [4.69, 9.17) is 14.2 Å². The number of carbonyl (C=O) groups is 2. The van der Waals surface area contributed by atoms with Crippen molar-refractivity contribution in [2.75, 3.05) is 26.1 Å². The predicted molar refractivity (Wildman–Crippen MR) is 94.9 cm³/mol. The fourth-order valence-electron chi connectivity index (χ4n) is 2.59. The Bertz CT molecular complexity index is 639. The zero-order valence-electron chi connectivity index (χ0n) is 15.5. The van der Waals surface area contributed by atoms with E-state index in [1.165, 1.54) is 7.11 Å². The molecule has 1 aromatic carbocycles. The molecule has 2 rings (SSSR count). The second-order valence-electron chi connectivity index (χ2n) is 6.95. The summed E-state index contributed by atoms with van der Waals surface area (Å²) >= 11 is 0. The zero-order valence-corrected chi connectivity index (χ0v) is 15.5. The van der Waals surface area contributed by atoms with Gasteiger partial charge >= 0.3 is 5.97 Å². The van der Waals surface area contributed by atoms with Crippen LogP contribution in [0.1, 0.15) is 44.0 Å². The molecule has 138 valence electrons. The van der Waals surface area contributed by atoms with Crippen molar-refractivity contribution in [3.8, 4) is 5.75 Å². The van der Waals surface area contributed by atoms with Gasteiger partial charge in [-0.1, -0.05) is 13.8 Å². The summed E-state index contributed by atoms with van der Waals surface area (Å²) in [5.74, 6) is 0.267. The summed E-state index contributed by atoms with van der Waals surface area (Å²) in [4.78, 5) is 24.7. The average Bonchev–Trinajstić information content (AvgIpc) is 3.44. The van der Waals surface area contributed by atoms with Crippen LogP contribution in [0.15, 0.2) is 18.2 Å². The number of methoxy groups -OCH3 is 2. The first-order valence-electron chi connectivity index (χ1n) is 8.53. The third-order valence-corrected chi connectivity index (χ3v) is 4.45. The summed E-state index contributed by atoms with van der Waals surface area (Å²) in [5, 5.41) is 2.84. The SMILES string of the molecule is COC(=O)c1cc(NC(=O)C(C)(OC)C2CC2)ccc1OCC(C)C. The number of esters is 1. The average molecular weight is 349 g/mol. The van der Waals surface area contributed by atoms with Crippen molar-refractivity contribution in [2.45, 2.75) is 39.2 Å². The van der Waals surface area contributed by atoms with Crippen molar-refractivity contribution in [3.05, 3.63) is 23.8 Å². The van der Waals surface area contributed by atoms with Gasteiger partial charge in [0.25, 0.3) is 5.91 Å². The van der Waals surface area contributed by atoms with Crippen LogP contribution in [0.5, 0.6) is 5.75 Å². The molecule has 1 unspecified atom stereocenters. The number of hydrogen-bond donors (Lipinski definition) is 1. The molecule has 0 spiro atoms. The molecule has 1 N–H and O–H groups in total. The van der Waals surface area contributed by atoms with Crippen LogP contribution in [0.2, 0.25) is 0 Å². The summed E-state index contributed by atoms with van der Waals surface area (Å²) in [6.45, 7) is 6.33. The topological polar surface area (TPSA) is 73.9 Å². The Morgan fingerprint density at radius 3 is 2.48 bits per heavy atom. The standard InChI is InChI=1S/C19H27NO5/c1-12(2)11-25-16-9-8-14(10-15(16)17(21)23-4)20-18(22)19(3,24-5)13-6-7-13/h8-10,12-13H,6-7,11H2,1-5H3,(H,20,22). The molecule has 0 aliphatic heterocycles. The van der Waals surface area contributed by atoms with E-state index in [-0.39, 0.29) is 17.4 Å². The third-order valence-electron chi connectivity index (χ3n) is 4.45. The second kappa shape index (κ2) is 7.87. The van der Waals surface area contributed by atoms with Crippen molar-refractivity contribution in [1.82, 2.24) is 0 Å². The van der Waals surface area contributed by atoms with Crippen LogP contribution in [0.25, 0.3) is 0 Å². The molecular formula is C19H27NO5. The summed E-state index contributed by atoms with van der Waals surface area (Å²) in [5.41, 5.74) is -0.0733. The molecule has 0 aromatic heterocycles. The zero-order chi connectivity index (χ0) is 18.6. The number of ether oxygens (including phenoxy) is 3. The monoisotopic (exact) mass is 349 g/mol. The van der Waals surface area contributed by atoms with Gasteiger partial charge in [0.1, 0.15) is 16.9 Å². The molecule has 1 fully saturated rings. The molecule has 1 aliphatic rings. The van der Waals surface area contributed by atoms with Crippen LogP contribution >= 0.6 is 0 Å². The summed E-state index contributed by atoms with van der Waals surface area (Å²) in [7, 11) is 2.86. The number of amides is 1. The van der Waals surface area contributed by atoms with Crippen LogP contribution in [0.4, 0.5) is 5.69 Å². The van der Waals surface area contributed by atoms with Crippen LogP contribution < -0.4 is 10.1 Å². The summed E-state index contributed by atoms with van der Waals surface area (Å²) in [6.07, 6.45) is 1.96. The fourth-order valence-corrected chi connectivity index (χ4v) is 2.59. The first-order valence-corrected chi connectivity index (χ1v) is 8.53. The van der Waals surface area contributed by atoms with Crippen molar-refractivity contribution < 1.29 is 23.8 Å². The summed E-state index contributed by atoms with van der Waals surface area (Å²) < 4.78 is 16.0. The first-order chi connectivity index (χ1) is 11.8. The normalized spacial score (nSPS) is 16.2. The van der Waals surface area contributed by atoms with E-state index in [1.54, 1.807) is 32.2 Å². The third kappa shape index (κ3) is 4.51. The molecular weight excluding hydrogens is 322 g/mol. The van der Waals surface area contributed by atoms with Crippen molar-refractivity contribution in [1.29, 1.82) is 0 Å². The predicted octanol–water partition coefficient (Wildman–Crippen LogP) is 3.26. The molecule has 0 bridgehead atoms. The Morgan fingerprint density at radius 2 is 1.96 bits per heavy atom. The lowest BCUT2D eigenvalue weighted by atomic mass is 9.99. The molecule has 0 saturated heterocycles. The largest absolute Gasteiger partial charge is 0.492 e. The number of benzene rings is 1. The molecule has 25 heavy (non-hydrogen) atoms. The summed E-state index contributed by atoms with van der Waals surface area (Å²) in [6, 6.07) is 4.96. The van der Waals surface area contributed by atoms with E-state index in [0.29, 0.717) is 24.0 Å². The van der Waals surface area contributed by atoms with E-state index in [2.05, 4.69) is 5.32 Å². The number of rotatable bonds is 8. The molecule has 1 aromatic rings. The molecule has 0 heterocycles. The van der Waals surface area contributed by atoms with Crippen LogP contribution in [0.3, 0.4) is 0 Å². The van der Waals surface area contributed by atoms with E-state index in [0.717, 1.165) is 12.8 Å². The van der Waals surface area contributed by atoms with Gasteiger partial charge in [0.2, 0.25) is 0 Å². The molecule has 1 atom stereocenters. The van der Waals surface area contributed by atoms with Crippen molar-refractivity contribution in [2.24, 2.45) is 11.8 Å². The van der Waals surface area contributed by atoms with Gasteiger partial charge in [-0.25, -0.2) is 4.79 Å². The number of anilines is 1. The van der Waals surface area contributed by atoms with Gasteiger partial charge in [-0.05, 0) is 49.8 Å². The fraction of sp³-hybridized carbons (Fsp3) is 0.579. The van der Waals surface area contributed by atoms with Gasteiger partial charge in [-0.2, -0.15) is 0 Å². The van der Waals surface area contributed by atoms with Crippen molar-refractivity contribution >= 4 is 17.6 Å². The molecule has 1 amide bonds. The molecule has 1 aliphatic carbocycles. The maximum absolute atomic E-state index is 12.6. The van der Waals surface area contributed by atoms with Crippen LogP contribution in [-0.4, -0.2) is 38.3 Å². The van der Waals surface area contributed by atoms with E-state index < -0.39 is 11.6 Å². The number of hydrogen-bond acceptors (Lipinski definition) is 5. The maximum Gasteiger partial charge on any atom is 0.341 e. The lowest BCUT2D eigenvalue weighted by Crippen LogP contribution is -2.44.